The van der Waals surface area contributed by atoms with E-state index in [1.54, 1.807) is 13.8 Å². The number of anilines is 1. The summed E-state index contributed by atoms with van der Waals surface area (Å²) in [5, 5.41) is 0. The second kappa shape index (κ2) is 5.07. The highest BCUT2D eigenvalue weighted by Crippen LogP contribution is 2.29. The first-order valence-electron chi connectivity index (χ1n) is 5.21. The lowest BCUT2D eigenvalue weighted by atomic mass is 10.2. The molecule has 1 aromatic carbocycles. The van der Waals surface area contributed by atoms with Gasteiger partial charge in [-0.3, -0.25) is 4.72 Å². The van der Waals surface area contributed by atoms with Gasteiger partial charge in [0.1, 0.15) is 5.82 Å². The van der Waals surface area contributed by atoms with Gasteiger partial charge < -0.3 is 0 Å². The van der Waals surface area contributed by atoms with E-state index >= 15 is 0 Å². The lowest BCUT2D eigenvalue weighted by molar-refractivity contribution is 0.602. The smallest absolute Gasteiger partial charge is 0.273 e. The first-order chi connectivity index (χ1) is 8.79. The monoisotopic (exact) mass is 320 g/mol. The standard InChI is InChI=1S/C11H10ClFN2O2S2/c1-6-3-4-8(13)5-9(6)15-19(16,17)10-7(2)14-11(12)18-10/h3-5,15H,1-2H3. The molecule has 2 aromatic rings. The van der Waals surface area contributed by atoms with E-state index in [1.165, 1.54) is 12.1 Å². The summed E-state index contributed by atoms with van der Waals surface area (Å²) in [5.74, 6) is -0.512. The van der Waals surface area contributed by atoms with Gasteiger partial charge in [-0.15, -0.1) is 0 Å². The SMILES string of the molecule is Cc1ccc(F)cc1NS(=O)(=O)c1sc(Cl)nc1C. The summed E-state index contributed by atoms with van der Waals surface area (Å²) in [5.41, 5.74) is 1.14. The number of nitrogens with zero attached hydrogens (tertiary/aromatic N) is 1. The fraction of sp³-hybridized carbons (Fsp3) is 0.182. The molecule has 0 spiro atoms. The minimum Gasteiger partial charge on any atom is -0.279 e. The highest BCUT2D eigenvalue weighted by Gasteiger charge is 2.22. The molecule has 4 nitrogen and oxygen atoms in total. The molecule has 0 aliphatic carbocycles. The van der Waals surface area contributed by atoms with Gasteiger partial charge in [-0.25, -0.2) is 17.8 Å². The molecule has 1 aromatic heterocycles. The molecule has 0 fully saturated rings. The van der Waals surface area contributed by atoms with Gasteiger partial charge in [0.25, 0.3) is 10.0 Å². The number of aryl methyl sites for hydroxylation is 2. The number of hydrogen-bond acceptors (Lipinski definition) is 4. The molecule has 102 valence electrons. The van der Waals surface area contributed by atoms with Crippen molar-refractivity contribution < 1.29 is 12.8 Å². The van der Waals surface area contributed by atoms with Crippen molar-refractivity contribution in [2.45, 2.75) is 18.1 Å². The zero-order valence-corrected chi connectivity index (χ0v) is 12.5. The number of hydrogen-bond donors (Lipinski definition) is 1. The molecule has 0 unspecified atom stereocenters. The van der Waals surface area contributed by atoms with Crippen LogP contribution in [0.4, 0.5) is 10.1 Å². The Kier molecular flexibility index (Phi) is 3.80. The van der Waals surface area contributed by atoms with Crippen molar-refractivity contribution in [2.75, 3.05) is 4.72 Å². The number of halogens is 2. The van der Waals surface area contributed by atoms with Gasteiger partial charge in [0.15, 0.2) is 8.68 Å². The Balaban J connectivity index is 2.42. The number of nitrogens with one attached hydrogen (secondary N) is 1. The molecule has 0 aliphatic rings. The van der Waals surface area contributed by atoms with E-state index in [9.17, 15) is 12.8 Å². The molecular weight excluding hydrogens is 311 g/mol. The zero-order chi connectivity index (χ0) is 14.2. The molecule has 8 heteroatoms. The third-order valence-corrected chi connectivity index (χ3v) is 5.65. The van der Waals surface area contributed by atoms with Crippen molar-refractivity contribution in [2.24, 2.45) is 0 Å². The van der Waals surface area contributed by atoms with Crippen LogP contribution in [0.25, 0.3) is 0 Å². The van der Waals surface area contributed by atoms with Gasteiger partial charge in [-0.2, -0.15) is 0 Å². The summed E-state index contributed by atoms with van der Waals surface area (Å²) in [6.07, 6.45) is 0. The average molecular weight is 321 g/mol. The maximum absolute atomic E-state index is 13.1. The van der Waals surface area contributed by atoms with Gasteiger partial charge >= 0.3 is 0 Å². The summed E-state index contributed by atoms with van der Waals surface area (Å²) in [6, 6.07) is 3.90. The van der Waals surface area contributed by atoms with Crippen molar-refractivity contribution in [3.05, 3.63) is 39.7 Å². The second-order valence-corrected chi connectivity index (χ2v) is 7.36. The van der Waals surface area contributed by atoms with Crippen LogP contribution in [-0.2, 0) is 10.0 Å². The molecule has 2 rings (SSSR count). The van der Waals surface area contributed by atoms with E-state index in [2.05, 4.69) is 9.71 Å². The molecule has 0 aliphatic heterocycles. The van der Waals surface area contributed by atoms with Crippen LogP contribution in [0.5, 0.6) is 0 Å². The minimum atomic E-state index is -3.81. The van der Waals surface area contributed by atoms with Crippen molar-refractivity contribution in [3.63, 3.8) is 0 Å². The van der Waals surface area contributed by atoms with E-state index in [4.69, 9.17) is 11.6 Å². The van der Waals surface area contributed by atoms with Gasteiger partial charge in [-0.1, -0.05) is 29.0 Å². The molecule has 0 saturated carbocycles. The van der Waals surface area contributed by atoms with Gasteiger partial charge in [0.05, 0.1) is 11.4 Å². The molecule has 0 saturated heterocycles. The predicted octanol–water partition coefficient (Wildman–Crippen LogP) is 3.35. The van der Waals surface area contributed by atoms with Crippen LogP contribution in [0.2, 0.25) is 4.47 Å². The van der Waals surface area contributed by atoms with Crippen LogP contribution in [-0.4, -0.2) is 13.4 Å². The van der Waals surface area contributed by atoms with Crippen molar-refractivity contribution in [1.82, 2.24) is 4.98 Å². The van der Waals surface area contributed by atoms with Crippen LogP contribution in [0.15, 0.2) is 22.4 Å². The molecule has 0 radical (unpaired) electrons. The fourth-order valence-corrected chi connectivity index (χ4v) is 4.36. The number of benzene rings is 1. The van der Waals surface area contributed by atoms with E-state index in [1.807, 2.05) is 0 Å². The maximum Gasteiger partial charge on any atom is 0.273 e. The van der Waals surface area contributed by atoms with Crippen molar-refractivity contribution in [1.29, 1.82) is 0 Å². The van der Waals surface area contributed by atoms with Crippen molar-refractivity contribution >= 4 is 38.6 Å². The Morgan fingerprint density at radius 1 is 1.37 bits per heavy atom. The fourth-order valence-electron chi connectivity index (χ4n) is 1.50. The van der Waals surface area contributed by atoms with Crippen LogP contribution in [0, 0.1) is 19.7 Å². The van der Waals surface area contributed by atoms with Gasteiger partial charge in [0.2, 0.25) is 0 Å². The molecule has 1 N–H and O–H groups in total. The zero-order valence-electron chi connectivity index (χ0n) is 10.1. The molecule has 19 heavy (non-hydrogen) atoms. The second-order valence-electron chi connectivity index (χ2n) is 3.90. The quantitative estimate of drug-likeness (QED) is 0.943. The van der Waals surface area contributed by atoms with Crippen LogP contribution < -0.4 is 4.72 Å². The van der Waals surface area contributed by atoms with E-state index in [-0.39, 0.29) is 14.4 Å². The Morgan fingerprint density at radius 2 is 2.05 bits per heavy atom. The number of aromatic nitrogens is 1. The van der Waals surface area contributed by atoms with Crippen molar-refractivity contribution in [3.8, 4) is 0 Å². The third-order valence-electron chi connectivity index (χ3n) is 2.42. The first-order valence-corrected chi connectivity index (χ1v) is 7.89. The van der Waals surface area contributed by atoms with Gasteiger partial charge in [0, 0.05) is 0 Å². The summed E-state index contributed by atoms with van der Waals surface area (Å²) < 4.78 is 40.0. The first kappa shape index (κ1) is 14.2. The largest absolute Gasteiger partial charge is 0.279 e. The van der Waals surface area contributed by atoms with Gasteiger partial charge in [-0.05, 0) is 31.5 Å². The summed E-state index contributed by atoms with van der Waals surface area (Å²) in [7, 11) is -3.81. The molecular formula is C11H10ClFN2O2S2. The van der Waals surface area contributed by atoms with E-state index < -0.39 is 15.8 Å². The minimum absolute atomic E-state index is 0.0289. The summed E-state index contributed by atoms with van der Waals surface area (Å²) >= 11 is 6.55. The average Bonchev–Trinajstić information content (AvgIpc) is 2.63. The van der Waals surface area contributed by atoms with E-state index in [0.717, 1.165) is 17.4 Å². The lowest BCUT2D eigenvalue weighted by Gasteiger charge is -2.09. The maximum atomic E-state index is 13.1. The Bertz CT molecular complexity index is 728. The molecule has 0 bridgehead atoms. The highest BCUT2D eigenvalue weighted by molar-refractivity contribution is 7.94. The number of thiazole rings is 1. The highest BCUT2D eigenvalue weighted by atomic mass is 35.5. The Labute approximate surface area is 119 Å². The topological polar surface area (TPSA) is 59.1 Å². The predicted molar refractivity (Wildman–Crippen MR) is 73.8 cm³/mol. The van der Waals surface area contributed by atoms with Crippen LogP contribution in [0.3, 0.4) is 0 Å². The summed E-state index contributed by atoms with van der Waals surface area (Å²) in [6.45, 7) is 3.24. The summed E-state index contributed by atoms with van der Waals surface area (Å²) in [4.78, 5) is 3.85. The normalized spacial score (nSPS) is 11.6. The molecule has 0 amide bonds. The number of sulfonamides is 1. The third kappa shape index (κ3) is 3.05. The molecule has 0 atom stereocenters. The molecule has 1 heterocycles. The van der Waals surface area contributed by atoms with Crippen LogP contribution >= 0.6 is 22.9 Å². The van der Waals surface area contributed by atoms with Crippen LogP contribution in [0.1, 0.15) is 11.3 Å². The lowest BCUT2D eigenvalue weighted by Crippen LogP contribution is -2.13. The Hall–Kier alpha value is -1.18. The van der Waals surface area contributed by atoms with E-state index in [0.29, 0.717) is 11.3 Å². The number of rotatable bonds is 3. The Morgan fingerprint density at radius 3 is 2.63 bits per heavy atom.